The normalized spacial score (nSPS) is 30.4. The largest absolute Gasteiger partial charge is 0.456 e. The molecule has 3 N–H and O–H groups in total. The van der Waals surface area contributed by atoms with E-state index in [1.54, 1.807) is 6.92 Å². The maximum atomic E-state index is 12.1. The molecule has 0 aliphatic carbocycles. The molecular weight excluding hydrogens is 664 g/mol. The fourth-order valence-corrected chi connectivity index (χ4v) is 5.84. The average Bonchev–Trinajstić information content (AvgIpc) is 3.03. The van der Waals surface area contributed by atoms with Gasteiger partial charge >= 0.3 is 17.9 Å². The van der Waals surface area contributed by atoms with Crippen molar-refractivity contribution in [2.24, 2.45) is 0 Å². The summed E-state index contributed by atoms with van der Waals surface area (Å²) >= 11 is 0. The molecule has 0 bridgehead atoms. The lowest BCUT2D eigenvalue weighted by atomic mass is 9.97. The Labute approximate surface area is 302 Å². The fraction of sp³-hybridized carbons (Fsp3) is 0.711. The zero-order valence-electron chi connectivity index (χ0n) is 31.7. The van der Waals surface area contributed by atoms with Crippen LogP contribution in [0.1, 0.15) is 101 Å². The molecule has 0 aromatic rings. The van der Waals surface area contributed by atoms with Gasteiger partial charge in [-0.05, 0) is 80.1 Å². The topological polar surface area (TPSA) is 177 Å². The number of hydrogen-bond acceptors (Lipinski definition) is 13. The minimum Gasteiger partial charge on any atom is -0.456 e. The Kier molecular flexibility index (Phi) is 19.3. The van der Waals surface area contributed by atoms with E-state index in [2.05, 4.69) is 45.9 Å². The Morgan fingerprint density at radius 2 is 1.10 bits per heavy atom. The molecule has 51 heavy (non-hydrogen) atoms. The van der Waals surface area contributed by atoms with Crippen LogP contribution in [0.3, 0.4) is 0 Å². The van der Waals surface area contributed by atoms with Gasteiger partial charge in [-0.3, -0.25) is 14.4 Å². The summed E-state index contributed by atoms with van der Waals surface area (Å²) in [5.74, 6) is -2.20. The summed E-state index contributed by atoms with van der Waals surface area (Å²) < 4.78 is 40.0. The third kappa shape index (κ3) is 15.3. The molecule has 0 aromatic carbocycles. The molecule has 2 heterocycles. The molecule has 290 valence electrons. The highest BCUT2D eigenvalue weighted by Crippen LogP contribution is 2.33. The molecule has 0 saturated carbocycles. The third-order valence-corrected chi connectivity index (χ3v) is 8.60. The number of aliphatic hydroxyl groups excluding tert-OH is 3. The van der Waals surface area contributed by atoms with Crippen molar-refractivity contribution >= 4 is 17.9 Å². The van der Waals surface area contributed by atoms with Crippen molar-refractivity contribution in [3.8, 4) is 0 Å². The summed E-state index contributed by atoms with van der Waals surface area (Å²) in [6.07, 6.45) is 1.05. The van der Waals surface area contributed by atoms with Gasteiger partial charge in [0.1, 0.15) is 24.4 Å². The van der Waals surface area contributed by atoms with Crippen LogP contribution in [0, 0.1) is 0 Å². The fourth-order valence-electron chi connectivity index (χ4n) is 5.84. The van der Waals surface area contributed by atoms with E-state index in [0.29, 0.717) is 0 Å². The number of rotatable bonds is 18. The van der Waals surface area contributed by atoms with Gasteiger partial charge in [0.2, 0.25) is 0 Å². The Balaban J connectivity index is 2.11. The first-order valence-electron chi connectivity index (χ1n) is 17.7. The quantitative estimate of drug-likeness (QED) is 0.102. The van der Waals surface area contributed by atoms with Crippen molar-refractivity contribution in [1.29, 1.82) is 0 Å². The summed E-state index contributed by atoms with van der Waals surface area (Å²) in [5, 5.41) is 31.6. The van der Waals surface area contributed by atoms with E-state index < -0.39 is 85.9 Å². The molecule has 0 amide bonds. The van der Waals surface area contributed by atoms with Gasteiger partial charge in [-0.1, -0.05) is 46.6 Å². The average molecular weight is 725 g/mol. The molecule has 0 spiro atoms. The van der Waals surface area contributed by atoms with Gasteiger partial charge in [0.15, 0.2) is 30.9 Å². The van der Waals surface area contributed by atoms with Gasteiger partial charge in [0.25, 0.3) is 0 Å². The van der Waals surface area contributed by atoms with E-state index in [0.717, 1.165) is 57.9 Å². The number of allylic oxidation sites excluding steroid dienone is 7. The Morgan fingerprint density at radius 3 is 1.61 bits per heavy atom. The molecule has 2 fully saturated rings. The van der Waals surface area contributed by atoms with Crippen LogP contribution in [-0.4, -0.2) is 108 Å². The number of aliphatic hydroxyl groups is 3. The molecule has 10 atom stereocenters. The molecule has 13 nitrogen and oxygen atoms in total. The first-order valence-corrected chi connectivity index (χ1v) is 17.7. The monoisotopic (exact) mass is 724 g/mol. The summed E-state index contributed by atoms with van der Waals surface area (Å²) in [4.78, 5) is 36.0. The van der Waals surface area contributed by atoms with Crippen LogP contribution in [0.2, 0.25) is 0 Å². The summed E-state index contributed by atoms with van der Waals surface area (Å²) in [6, 6.07) is 0. The molecule has 2 aliphatic rings. The molecule has 2 rings (SSSR count). The zero-order valence-corrected chi connectivity index (χ0v) is 31.7. The van der Waals surface area contributed by atoms with E-state index in [1.807, 2.05) is 13.0 Å². The van der Waals surface area contributed by atoms with Gasteiger partial charge in [-0.25, -0.2) is 0 Å². The number of esters is 3. The third-order valence-electron chi connectivity index (χ3n) is 8.60. The Hall–Kier alpha value is -2.91. The molecule has 2 saturated heterocycles. The zero-order chi connectivity index (χ0) is 38.2. The van der Waals surface area contributed by atoms with Gasteiger partial charge < -0.3 is 48.5 Å². The Bertz CT molecular complexity index is 1250. The second-order valence-electron chi connectivity index (χ2n) is 13.6. The highest BCUT2D eigenvalue weighted by atomic mass is 16.8. The number of ether oxygens (including phenoxy) is 7. The second kappa shape index (κ2) is 22.2. The van der Waals surface area contributed by atoms with Gasteiger partial charge in [0, 0.05) is 20.8 Å². The molecular formula is C38H60O13. The minimum atomic E-state index is -1.63. The standard InChI is InChI=1S/C38H60O13/c1-22(2)13-10-14-23(3)15-11-16-24(4)17-12-18-25(5)19-20-45-37-34(32(44)31(43)30(21-39)50-37)51-38-36(49-29(9)42)35(48-28(8)41)33(26(6)46-38)47-27(7)40/h13,15,17,19,26,30-39,43-44H,10-12,14,16,18,20-21H2,1-9H3/b23-15+,24-17+,25-19+. The maximum absolute atomic E-state index is 12.1. The van der Waals surface area contributed by atoms with Crippen molar-refractivity contribution in [3.63, 3.8) is 0 Å². The van der Waals surface area contributed by atoms with Crippen molar-refractivity contribution in [3.05, 3.63) is 46.6 Å². The second-order valence-corrected chi connectivity index (χ2v) is 13.6. The number of carbonyl (C=O) groups is 3. The number of carbonyl (C=O) groups excluding carboxylic acids is 3. The highest BCUT2D eigenvalue weighted by Gasteiger charge is 2.54. The SMILES string of the molecule is CC(=O)OC1C(C)OC(OC2C(OC/C=C(\C)CC/C=C(\C)CC/C=C(\C)CCC=C(C)C)OC(CO)C(O)C2O)C(OC(C)=O)C1OC(C)=O. The van der Waals surface area contributed by atoms with E-state index >= 15 is 0 Å². The molecule has 10 unspecified atom stereocenters. The lowest BCUT2D eigenvalue weighted by molar-refractivity contribution is -0.364. The lowest BCUT2D eigenvalue weighted by Gasteiger charge is -2.47. The molecule has 0 radical (unpaired) electrons. The highest BCUT2D eigenvalue weighted by molar-refractivity contribution is 5.68. The first kappa shape index (κ1) is 44.3. The Morgan fingerprint density at radius 1 is 0.608 bits per heavy atom. The van der Waals surface area contributed by atoms with Crippen LogP contribution in [0.15, 0.2) is 46.6 Å². The van der Waals surface area contributed by atoms with Gasteiger partial charge in [-0.2, -0.15) is 0 Å². The molecule has 13 heteroatoms. The van der Waals surface area contributed by atoms with Crippen LogP contribution < -0.4 is 0 Å². The summed E-state index contributed by atoms with van der Waals surface area (Å²) in [6.45, 7) is 14.9. The molecule has 2 aliphatic heterocycles. The van der Waals surface area contributed by atoms with Crippen molar-refractivity contribution in [2.75, 3.05) is 13.2 Å². The first-order chi connectivity index (χ1) is 24.0. The summed E-state index contributed by atoms with van der Waals surface area (Å²) in [5.41, 5.74) is 5.13. The maximum Gasteiger partial charge on any atom is 0.303 e. The van der Waals surface area contributed by atoms with Crippen molar-refractivity contribution < 1.29 is 62.9 Å². The van der Waals surface area contributed by atoms with Crippen LogP contribution in [0.4, 0.5) is 0 Å². The van der Waals surface area contributed by atoms with Crippen LogP contribution in [0.5, 0.6) is 0 Å². The van der Waals surface area contributed by atoms with Crippen LogP contribution >= 0.6 is 0 Å². The summed E-state index contributed by atoms with van der Waals surface area (Å²) in [7, 11) is 0. The number of hydrogen-bond donors (Lipinski definition) is 3. The van der Waals surface area contributed by atoms with Gasteiger partial charge in [-0.15, -0.1) is 0 Å². The smallest absolute Gasteiger partial charge is 0.303 e. The lowest BCUT2D eigenvalue weighted by Crippen LogP contribution is -2.65. The van der Waals surface area contributed by atoms with E-state index in [1.165, 1.54) is 23.6 Å². The van der Waals surface area contributed by atoms with Crippen LogP contribution in [-0.2, 0) is 47.5 Å². The van der Waals surface area contributed by atoms with E-state index in [4.69, 9.17) is 33.2 Å². The van der Waals surface area contributed by atoms with Crippen LogP contribution in [0.25, 0.3) is 0 Å². The van der Waals surface area contributed by atoms with E-state index in [-0.39, 0.29) is 6.61 Å². The van der Waals surface area contributed by atoms with Crippen molar-refractivity contribution in [2.45, 2.75) is 162 Å². The predicted molar refractivity (Wildman–Crippen MR) is 188 cm³/mol. The van der Waals surface area contributed by atoms with Gasteiger partial charge in [0.05, 0.1) is 19.3 Å². The minimum absolute atomic E-state index is 0.0523. The predicted octanol–water partition coefficient (Wildman–Crippen LogP) is 4.51. The van der Waals surface area contributed by atoms with E-state index in [9.17, 15) is 29.7 Å². The molecule has 0 aromatic heterocycles. The van der Waals surface area contributed by atoms with Crippen molar-refractivity contribution in [1.82, 2.24) is 0 Å².